The molecule has 0 radical (unpaired) electrons. The van der Waals surface area contributed by atoms with E-state index in [9.17, 15) is 14.4 Å². The number of carbonyl (C=O) groups excluding carboxylic acids is 3. The van der Waals surface area contributed by atoms with Crippen LogP contribution in [0.5, 0.6) is 69.0 Å². The largest absolute Gasteiger partial charge is 0.530 e. The summed E-state index contributed by atoms with van der Waals surface area (Å²) >= 11 is 0. The van der Waals surface area contributed by atoms with Crippen molar-refractivity contribution in [1.29, 1.82) is 0 Å². The van der Waals surface area contributed by atoms with Gasteiger partial charge in [-0.2, -0.15) is 0 Å². The van der Waals surface area contributed by atoms with E-state index in [-0.39, 0.29) is 22.7 Å². The monoisotopic (exact) mass is 1930 g/mol. The first-order chi connectivity index (χ1) is 64.4. The lowest BCUT2D eigenvalue weighted by atomic mass is 9.84. The van der Waals surface area contributed by atoms with Crippen LogP contribution in [0.15, 0.2) is 206 Å². The molecule has 732 valence electrons. The Bertz CT molecular complexity index is 6160. The molecule has 0 unspecified atom stereocenters. The van der Waals surface area contributed by atoms with Gasteiger partial charge in [0.1, 0.15) is 85.8 Å². The maximum atomic E-state index is 12.9. The standard InChI is InChI=1S/C41H51O6P.C39H47O6P.C37H43O6P/c1-26-22-28(3)36(32(24-26)39(5,6)7)46-48(47-37-29(4)23-27(2)25-33(37)40(8,9)10)45-35-21-17-15-19-31(35)30-18-14-16-20-34(30)43-38(42)44-41(11,12)13;1-24(2)32-20-26(5)28(7)22-36(32)44-46(45-37-23-29(8)27(6)21-33(37)25(3)4)43-35-19-15-13-17-31(35)30-16-12-14-18-34(30)41-38(40)42-39(9,10)11;1-22-12-14-32(26(5)16-22)41-44(42-33-15-13-23(2)17-27(33)6)43-35-29(8)19-25(4)21-31(35)30-20-24(3)18-28(7)34(30)39-36(38)40-37(9,10)11/h14-25H,1-13H3;12-25H,1-11H3;12-21H,1-11H3. The first-order valence-corrected chi connectivity index (χ1v) is 50.2. The van der Waals surface area contributed by atoms with Crippen molar-refractivity contribution >= 4 is 44.3 Å². The Morgan fingerprint density at radius 3 is 0.826 bits per heavy atom. The molecule has 0 aliphatic rings. The third kappa shape index (κ3) is 30.2. The van der Waals surface area contributed by atoms with Gasteiger partial charge in [0, 0.05) is 44.5 Å². The topological polar surface area (TPSA) is 190 Å². The van der Waals surface area contributed by atoms with Crippen molar-refractivity contribution in [3.8, 4) is 102 Å². The zero-order valence-electron chi connectivity index (χ0n) is 87.5. The highest BCUT2D eigenvalue weighted by atomic mass is 31.2. The van der Waals surface area contributed by atoms with E-state index >= 15 is 0 Å². The van der Waals surface area contributed by atoms with Crippen molar-refractivity contribution in [2.45, 2.75) is 282 Å². The fourth-order valence-electron chi connectivity index (χ4n) is 15.4. The summed E-state index contributed by atoms with van der Waals surface area (Å²) in [6.45, 7) is 70.6. The molecule has 0 heterocycles. The van der Waals surface area contributed by atoms with Gasteiger partial charge in [-0.15, -0.1) is 0 Å². The predicted molar refractivity (Wildman–Crippen MR) is 563 cm³/mol. The van der Waals surface area contributed by atoms with Crippen LogP contribution in [0.4, 0.5) is 14.4 Å². The second-order valence-electron chi connectivity index (χ2n) is 41.3. The molecular formula is C117H141O18P3. The smallest absolute Gasteiger partial charge is 0.428 e. The van der Waals surface area contributed by atoms with Gasteiger partial charge in [0.25, 0.3) is 0 Å². The fraction of sp³-hybridized carbons (Fsp3) is 0.359. The summed E-state index contributed by atoms with van der Waals surface area (Å²) < 4.78 is 94.0. The van der Waals surface area contributed by atoms with Crippen molar-refractivity contribution < 1.29 is 83.5 Å². The van der Waals surface area contributed by atoms with Crippen LogP contribution in [-0.4, -0.2) is 35.3 Å². The molecule has 12 rings (SSSR count). The van der Waals surface area contributed by atoms with Crippen LogP contribution < -0.4 is 54.9 Å². The highest BCUT2D eigenvalue weighted by Crippen LogP contribution is 2.56. The molecule has 0 saturated heterocycles. The van der Waals surface area contributed by atoms with Crippen LogP contribution in [0.2, 0.25) is 0 Å². The summed E-state index contributed by atoms with van der Waals surface area (Å²) in [5.74, 6) is 7.49. The molecule has 0 atom stereocenters. The van der Waals surface area contributed by atoms with Crippen LogP contribution >= 0.6 is 25.8 Å². The molecule has 0 saturated carbocycles. The molecule has 12 aromatic carbocycles. The summed E-state index contributed by atoms with van der Waals surface area (Å²) in [5.41, 5.74) is 23.0. The van der Waals surface area contributed by atoms with Gasteiger partial charge in [-0.3, -0.25) is 0 Å². The molecule has 0 spiro atoms. The van der Waals surface area contributed by atoms with Gasteiger partial charge in [-0.25, -0.2) is 14.4 Å². The van der Waals surface area contributed by atoms with E-state index < -0.39 is 61.1 Å². The Hall–Kier alpha value is -12.1. The molecule has 0 bridgehead atoms. The molecule has 0 aliphatic carbocycles. The zero-order valence-corrected chi connectivity index (χ0v) is 90.2. The Morgan fingerprint density at radius 2 is 0.486 bits per heavy atom. The molecule has 0 amide bonds. The van der Waals surface area contributed by atoms with Gasteiger partial charge in [0.05, 0.1) is 0 Å². The number of para-hydroxylation sites is 4. The van der Waals surface area contributed by atoms with Gasteiger partial charge >= 0.3 is 44.3 Å². The van der Waals surface area contributed by atoms with Crippen LogP contribution in [0.3, 0.4) is 0 Å². The van der Waals surface area contributed by atoms with Gasteiger partial charge in [0.15, 0.2) is 0 Å². The van der Waals surface area contributed by atoms with Crippen LogP contribution in [0, 0.1) is 111 Å². The number of rotatable bonds is 26. The minimum absolute atomic E-state index is 0.195. The maximum Gasteiger partial charge on any atom is 0.530 e. The quantitative estimate of drug-likeness (QED) is 0.0215. The van der Waals surface area contributed by atoms with Crippen molar-refractivity contribution in [2.75, 3.05) is 0 Å². The minimum Gasteiger partial charge on any atom is -0.428 e. The van der Waals surface area contributed by atoms with E-state index in [2.05, 4.69) is 191 Å². The lowest BCUT2D eigenvalue weighted by Crippen LogP contribution is -2.26. The maximum absolute atomic E-state index is 12.9. The number of benzene rings is 12. The molecule has 138 heavy (non-hydrogen) atoms. The Labute approximate surface area is 824 Å². The molecule has 0 fully saturated rings. The third-order valence-corrected chi connectivity index (χ3v) is 25.2. The van der Waals surface area contributed by atoms with Crippen molar-refractivity contribution in [1.82, 2.24) is 0 Å². The summed E-state index contributed by atoms with van der Waals surface area (Å²) in [6, 6.07) is 67.0. The number of carbonyl (C=O) groups is 3. The van der Waals surface area contributed by atoms with E-state index in [0.29, 0.717) is 68.2 Å². The molecular weight excluding hydrogens is 1790 g/mol. The van der Waals surface area contributed by atoms with Crippen LogP contribution in [0.1, 0.15) is 255 Å². The van der Waals surface area contributed by atoms with Crippen molar-refractivity contribution in [3.63, 3.8) is 0 Å². The highest BCUT2D eigenvalue weighted by molar-refractivity contribution is 7.43. The van der Waals surface area contributed by atoms with Gasteiger partial charge in [-0.1, -0.05) is 237 Å². The Balaban J connectivity index is 0.000000214. The van der Waals surface area contributed by atoms with Crippen molar-refractivity contribution in [2.24, 2.45) is 0 Å². The molecule has 0 N–H and O–H groups in total. The highest BCUT2D eigenvalue weighted by Gasteiger charge is 2.36. The second kappa shape index (κ2) is 45.7. The first kappa shape index (κ1) is 108. The van der Waals surface area contributed by atoms with Crippen molar-refractivity contribution in [3.05, 3.63) is 318 Å². The number of aryl methyl sites for hydroxylation is 16. The van der Waals surface area contributed by atoms with E-state index in [1.54, 1.807) is 74.4 Å². The average molecular weight is 1930 g/mol. The van der Waals surface area contributed by atoms with Crippen LogP contribution in [0.25, 0.3) is 33.4 Å². The number of hydrogen-bond donors (Lipinski definition) is 0. The lowest BCUT2D eigenvalue weighted by molar-refractivity contribution is 0.0193. The second-order valence-corrected chi connectivity index (χ2v) is 44.3. The van der Waals surface area contributed by atoms with Gasteiger partial charge < -0.3 is 69.1 Å². The molecule has 0 aliphatic heterocycles. The lowest BCUT2D eigenvalue weighted by Gasteiger charge is -2.29. The Morgan fingerprint density at radius 1 is 0.225 bits per heavy atom. The summed E-state index contributed by atoms with van der Waals surface area (Å²) in [4.78, 5) is 38.2. The number of ether oxygens (including phenoxy) is 6. The van der Waals surface area contributed by atoms with E-state index in [1.807, 2.05) is 183 Å². The Kier molecular flexibility index (Phi) is 35.8. The SMILES string of the molecule is Cc1cc(C)c(OP(Oc2ccccc2-c2ccccc2OC(=O)OC(C)(C)C)Oc2c(C)cc(C)cc2C(C)(C)C)c(C(C)(C)C)c1.Cc1cc(OP(Oc2ccccc2-c2ccccc2OC(=O)OC(C)(C)C)Oc2cc(C)c(C)cc2C(C)C)c(C(C)C)cc1C.Cc1ccc(OP(Oc2ccc(C)cc2C)Oc2c(C)cc(C)cc2-c2cc(C)cc(C)c2OC(=O)OC(C)(C)C)c(C)c1. The summed E-state index contributed by atoms with van der Waals surface area (Å²) in [6.07, 6.45) is -2.33. The van der Waals surface area contributed by atoms with E-state index in [1.165, 1.54) is 11.1 Å². The average Bonchev–Trinajstić information content (AvgIpc) is 0.769. The third-order valence-electron chi connectivity index (χ3n) is 22.1. The predicted octanol–water partition coefficient (Wildman–Crippen LogP) is 35.1. The van der Waals surface area contributed by atoms with Crippen LogP contribution in [-0.2, 0) is 25.0 Å². The summed E-state index contributed by atoms with van der Waals surface area (Å²) in [5, 5.41) is 0. The fourth-order valence-corrected chi connectivity index (χ4v) is 18.9. The molecule has 0 aromatic heterocycles. The zero-order chi connectivity index (χ0) is 102. The normalized spacial score (nSPS) is 11.7. The van der Waals surface area contributed by atoms with Gasteiger partial charge in [-0.05, 0) is 334 Å². The summed E-state index contributed by atoms with van der Waals surface area (Å²) in [7, 11) is -6.02. The molecule has 18 nitrogen and oxygen atoms in total. The minimum atomic E-state index is -2.05. The van der Waals surface area contributed by atoms with E-state index in [4.69, 9.17) is 69.1 Å². The van der Waals surface area contributed by atoms with Gasteiger partial charge in [0.2, 0.25) is 0 Å². The first-order valence-electron chi connectivity index (χ1n) is 46.9. The number of hydrogen-bond acceptors (Lipinski definition) is 18. The molecule has 21 heteroatoms. The van der Waals surface area contributed by atoms with E-state index in [0.717, 1.165) is 134 Å². The molecule has 12 aromatic rings.